The van der Waals surface area contributed by atoms with Crippen LogP contribution < -0.4 is 5.32 Å². The zero-order chi connectivity index (χ0) is 16.1. The molecule has 1 amide bonds. The number of benzene rings is 1. The number of anilines is 1. The van der Waals surface area contributed by atoms with Gasteiger partial charge in [-0.3, -0.25) is 10.1 Å². The average Bonchev–Trinajstić information content (AvgIpc) is 3.18. The second-order valence-electron chi connectivity index (χ2n) is 4.81. The number of hydrogen-bond donors (Lipinski definition) is 1. The minimum absolute atomic E-state index is 0.0253. The fourth-order valence-corrected chi connectivity index (χ4v) is 2.78. The summed E-state index contributed by atoms with van der Waals surface area (Å²) >= 11 is 1.38. The lowest BCUT2D eigenvalue weighted by atomic mass is 10.2. The molecule has 0 unspecified atom stereocenters. The number of aromatic nitrogens is 6. The monoisotopic (exact) mass is 329 g/mol. The number of aryl methyl sites for hydroxylation is 1. The Labute approximate surface area is 136 Å². The molecule has 23 heavy (non-hydrogen) atoms. The lowest BCUT2D eigenvalue weighted by molar-refractivity contribution is -0.117. The Hall–Kier alpha value is -2.68. The first-order valence-corrected chi connectivity index (χ1v) is 8.01. The second kappa shape index (κ2) is 7.05. The maximum Gasteiger partial charge on any atom is 0.249 e. The summed E-state index contributed by atoms with van der Waals surface area (Å²) in [4.78, 5) is 13.2. The molecule has 0 saturated carbocycles. The third kappa shape index (κ3) is 3.95. The highest BCUT2D eigenvalue weighted by molar-refractivity contribution is 7.15. The normalized spacial score (nSPS) is 10.7. The highest BCUT2D eigenvalue weighted by atomic mass is 32.1. The molecule has 0 fully saturated rings. The van der Waals surface area contributed by atoms with Gasteiger partial charge in [0.25, 0.3) is 0 Å². The maximum absolute atomic E-state index is 12.0. The van der Waals surface area contributed by atoms with Gasteiger partial charge in [0.1, 0.15) is 11.6 Å². The Balaban J connectivity index is 1.60. The van der Waals surface area contributed by atoms with Crippen LogP contribution in [0.3, 0.4) is 0 Å². The van der Waals surface area contributed by atoms with E-state index in [2.05, 4.69) is 37.8 Å². The molecule has 0 radical (unpaired) electrons. The van der Waals surface area contributed by atoms with Crippen molar-refractivity contribution < 1.29 is 4.79 Å². The van der Waals surface area contributed by atoms with Crippen LogP contribution in [0.15, 0.2) is 30.3 Å². The Morgan fingerprint density at radius 2 is 2.04 bits per heavy atom. The Bertz CT molecular complexity index is 783. The van der Waals surface area contributed by atoms with Crippen molar-refractivity contribution in [3.63, 3.8) is 0 Å². The minimum Gasteiger partial charge on any atom is -0.299 e. The van der Waals surface area contributed by atoms with Gasteiger partial charge >= 0.3 is 0 Å². The van der Waals surface area contributed by atoms with E-state index in [4.69, 9.17) is 0 Å². The second-order valence-corrected chi connectivity index (χ2v) is 5.87. The molecule has 0 aliphatic carbocycles. The predicted molar refractivity (Wildman–Crippen MR) is 85.8 cm³/mol. The molecule has 3 rings (SSSR count). The van der Waals surface area contributed by atoms with Crippen LogP contribution in [0.2, 0.25) is 0 Å². The SMILES string of the molecule is CCCc1nnc(NC(=O)Cn2nnc(-c3ccccc3)n2)s1. The average molecular weight is 329 g/mol. The van der Waals surface area contributed by atoms with Crippen molar-refractivity contribution in [1.82, 2.24) is 30.4 Å². The van der Waals surface area contributed by atoms with Gasteiger partial charge < -0.3 is 0 Å². The molecule has 118 valence electrons. The lowest BCUT2D eigenvalue weighted by Gasteiger charge is -1.99. The topological polar surface area (TPSA) is 98.5 Å². The number of carbonyl (C=O) groups excluding carboxylic acids is 1. The zero-order valence-electron chi connectivity index (χ0n) is 12.5. The van der Waals surface area contributed by atoms with Gasteiger partial charge in [0.2, 0.25) is 16.9 Å². The lowest BCUT2D eigenvalue weighted by Crippen LogP contribution is -2.20. The van der Waals surface area contributed by atoms with Crippen LogP contribution in [0.4, 0.5) is 5.13 Å². The molecule has 1 aromatic carbocycles. The quantitative estimate of drug-likeness (QED) is 0.740. The van der Waals surface area contributed by atoms with E-state index in [9.17, 15) is 4.79 Å². The number of nitrogens with zero attached hydrogens (tertiary/aromatic N) is 6. The molecule has 0 aliphatic rings. The van der Waals surface area contributed by atoms with E-state index < -0.39 is 0 Å². The van der Waals surface area contributed by atoms with Crippen molar-refractivity contribution in [2.24, 2.45) is 0 Å². The van der Waals surface area contributed by atoms with E-state index >= 15 is 0 Å². The van der Waals surface area contributed by atoms with E-state index in [1.165, 1.54) is 16.1 Å². The number of carbonyl (C=O) groups is 1. The molecule has 0 bridgehead atoms. The van der Waals surface area contributed by atoms with Crippen LogP contribution in [0.1, 0.15) is 18.4 Å². The molecule has 9 heteroatoms. The first kappa shape index (κ1) is 15.2. The molecule has 1 N–H and O–H groups in total. The van der Waals surface area contributed by atoms with E-state index in [0.29, 0.717) is 11.0 Å². The summed E-state index contributed by atoms with van der Waals surface area (Å²) in [6.07, 6.45) is 1.85. The van der Waals surface area contributed by atoms with Crippen LogP contribution in [0.25, 0.3) is 11.4 Å². The van der Waals surface area contributed by atoms with E-state index in [-0.39, 0.29) is 12.5 Å². The summed E-state index contributed by atoms with van der Waals surface area (Å²) in [6, 6.07) is 9.48. The van der Waals surface area contributed by atoms with E-state index in [0.717, 1.165) is 23.4 Å². The van der Waals surface area contributed by atoms with Gasteiger partial charge in [-0.15, -0.1) is 20.4 Å². The fourth-order valence-electron chi connectivity index (χ4n) is 1.92. The molecule has 8 nitrogen and oxygen atoms in total. The summed E-state index contributed by atoms with van der Waals surface area (Å²) in [5, 5.41) is 24.1. The van der Waals surface area contributed by atoms with Gasteiger partial charge in [-0.1, -0.05) is 48.6 Å². The van der Waals surface area contributed by atoms with Crippen molar-refractivity contribution in [1.29, 1.82) is 0 Å². The van der Waals surface area contributed by atoms with Crippen molar-refractivity contribution in [3.05, 3.63) is 35.3 Å². The minimum atomic E-state index is -0.263. The molecule has 3 aromatic rings. The van der Waals surface area contributed by atoms with Gasteiger partial charge in [-0.05, 0) is 11.6 Å². The third-order valence-electron chi connectivity index (χ3n) is 2.95. The number of nitrogens with one attached hydrogen (secondary N) is 1. The predicted octanol–water partition coefficient (Wildman–Crippen LogP) is 1.78. The highest BCUT2D eigenvalue weighted by Gasteiger charge is 2.11. The number of tetrazole rings is 1. The Morgan fingerprint density at radius 3 is 2.83 bits per heavy atom. The van der Waals surface area contributed by atoms with Gasteiger partial charge in [-0.2, -0.15) is 4.80 Å². The molecule has 2 heterocycles. The van der Waals surface area contributed by atoms with Crippen molar-refractivity contribution in [2.75, 3.05) is 5.32 Å². The summed E-state index contributed by atoms with van der Waals surface area (Å²) in [5.41, 5.74) is 0.854. The van der Waals surface area contributed by atoms with Gasteiger partial charge in [-0.25, -0.2) is 0 Å². The van der Waals surface area contributed by atoms with E-state index in [1.54, 1.807) is 0 Å². The molecule has 0 aliphatic heterocycles. The molecular weight excluding hydrogens is 314 g/mol. The first-order chi connectivity index (χ1) is 11.2. The van der Waals surface area contributed by atoms with Gasteiger partial charge in [0.15, 0.2) is 0 Å². The van der Waals surface area contributed by atoms with Gasteiger partial charge in [0, 0.05) is 12.0 Å². The standard InChI is InChI=1S/C14H15N7OS/c1-2-6-12-16-18-14(23-12)15-11(22)9-21-19-13(17-20-21)10-7-4-3-5-8-10/h3-5,7-8H,2,6,9H2,1H3,(H,15,18,22). The van der Waals surface area contributed by atoms with Crippen LogP contribution in [0.5, 0.6) is 0 Å². The molecule has 0 spiro atoms. The van der Waals surface area contributed by atoms with Crippen molar-refractivity contribution >= 4 is 22.4 Å². The number of amides is 1. The summed E-state index contributed by atoms with van der Waals surface area (Å²) in [5.74, 6) is 0.223. The van der Waals surface area contributed by atoms with Crippen molar-refractivity contribution in [3.8, 4) is 11.4 Å². The summed E-state index contributed by atoms with van der Waals surface area (Å²) in [7, 11) is 0. The fraction of sp³-hybridized carbons (Fsp3) is 0.286. The molecule has 2 aromatic heterocycles. The molecular formula is C14H15N7OS. The zero-order valence-corrected chi connectivity index (χ0v) is 13.3. The van der Waals surface area contributed by atoms with Gasteiger partial charge in [0.05, 0.1) is 0 Å². The summed E-state index contributed by atoms with van der Waals surface area (Å²) < 4.78 is 0. The van der Waals surface area contributed by atoms with Crippen LogP contribution in [-0.4, -0.2) is 36.3 Å². The smallest absolute Gasteiger partial charge is 0.249 e. The Kier molecular flexibility index (Phi) is 4.67. The molecule has 0 saturated heterocycles. The van der Waals surface area contributed by atoms with Crippen LogP contribution >= 0.6 is 11.3 Å². The third-order valence-corrected chi connectivity index (χ3v) is 3.85. The first-order valence-electron chi connectivity index (χ1n) is 7.20. The van der Waals surface area contributed by atoms with Crippen LogP contribution in [0, 0.1) is 0 Å². The van der Waals surface area contributed by atoms with Crippen LogP contribution in [-0.2, 0) is 17.8 Å². The number of hydrogen-bond acceptors (Lipinski definition) is 7. The number of rotatable bonds is 6. The summed E-state index contributed by atoms with van der Waals surface area (Å²) in [6.45, 7) is 2.04. The van der Waals surface area contributed by atoms with Crippen molar-refractivity contribution in [2.45, 2.75) is 26.3 Å². The molecule has 0 atom stereocenters. The largest absolute Gasteiger partial charge is 0.299 e. The maximum atomic E-state index is 12.0. The van der Waals surface area contributed by atoms with E-state index in [1.807, 2.05) is 30.3 Å². The Morgan fingerprint density at radius 1 is 1.22 bits per heavy atom. The highest BCUT2D eigenvalue weighted by Crippen LogP contribution is 2.16.